The van der Waals surface area contributed by atoms with E-state index in [4.69, 9.17) is 25.5 Å². The molecule has 1 atom stereocenters. The zero-order valence-corrected chi connectivity index (χ0v) is 34.0. The highest BCUT2D eigenvalue weighted by molar-refractivity contribution is 6.67. The van der Waals surface area contributed by atoms with Crippen molar-refractivity contribution in [3.8, 4) is 5.75 Å². The average Bonchev–Trinajstić information content (AvgIpc) is 4.13. The molecule has 0 radical (unpaired) electrons. The number of fused-ring (bicyclic) bond motifs is 3. The molecule has 3 saturated heterocycles. The van der Waals surface area contributed by atoms with E-state index in [2.05, 4.69) is 29.2 Å². The third-order valence-corrected chi connectivity index (χ3v) is 14.3. The lowest BCUT2D eigenvalue weighted by molar-refractivity contribution is -0.148. The van der Waals surface area contributed by atoms with Crippen LogP contribution in [0, 0.1) is 5.92 Å². The number of benzene rings is 4. The van der Waals surface area contributed by atoms with E-state index in [-0.39, 0.29) is 23.1 Å². The Morgan fingerprint density at radius 1 is 0.783 bits per heavy atom. The zero-order chi connectivity index (χ0) is 41.0. The second-order valence-corrected chi connectivity index (χ2v) is 17.6. The molecule has 4 aromatic carbocycles. The summed E-state index contributed by atoms with van der Waals surface area (Å²) < 4.78 is 19.3. The van der Waals surface area contributed by atoms with Crippen molar-refractivity contribution in [2.45, 2.75) is 81.4 Å². The summed E-state index contributed by atoms with van der Waals surface area (Å²) in [5.74, 6) is 0.633. The molecular weight excluding hydrogens is 753 g/mol. The van der Waals surface area contributed by atoms with E-state index in [1.165, 1.54) is 11.1 Å². The van der Waals surface area contributed by atoms with E-state index in [0.717, 1.165) is 79.1 Å². The van der Waals surface area contributed by atoms with Crippen molar-refractivity contribution < 1.29 is 28.4 Å². The van der Waals surface area contributed by atoms with Gasteiger partial charge in [0.2, 0.25) is 0 Å². The largest absolute Gasteiger partial charge is 0.566 e. The maximum Gasteiger partial charge on any atom is 0.566 e. The standard InChI is InChI=1S/C48H52BN5O6/c50-28-31-6-3-7-34(24-31)33-16-20-53(21-17-33)44(55)35-8-4-11-37(26-35)48(36-9-1-2-10-36)46(57)59-49(60-48)40-12-5-13-41-38(40)27-42(52-41)45(56)54-22-18-47(19-23-54)30-58-43-15-14-32(29-51)25-39(43)47/h3-8,11-15,24-27,33,36,52H,1-2,9-10,16-23,28-30,50-51H2/t48-/m1/s1. The molecule has 0 bridgehead atoms. The zero-order valence-electron chi connectivity index (χ0n) is 34.0. The first-order chi connectivity index (χ1) is 29.3. The molecule has 5 aromatic rings. The predicted octanol–water partition coefficient (Wildman–Crippen LogP) is 6.03. The molecular formula is C48H52BN5O6. The number of hydrogen-bond acceptors (Lipinski definition) is 8. The monoisotopic (exact) mass is 805 g/mol. The van der Waals surface area contributed by atoms with Gasteiger partial charge in [-0.2, -0.15) is 0 Å². The van der Waals surface area contributed by atoms with Crippen LogP contribution in [0.1, 0.15) is 106 Å². The Balaban J connectivity index is 0.873. The normalized spacial score (nSPS) is 21.8. The van der Waals surface area contributed by atoms with Crippen LogP contribution in [0.25, 0.3) is 10.9 Å². The van der Waals surface area contributed by atoms with Gasteiger partial charge in [-0.1, -0.05) is 73.5 Å². The third-order valence-electron chi connectivity index (χ3n) is 14.3. The number of ether oxygens (including phenoxy) is 1. The molecule has 4 fully saturated rings. The molecule has 11 nitrogen and oxygen atoms in total. The van der Waals surface area contributed by atoms with Crippen LogP contribution in [0.15, 0.2) is 91.0 Å². The van der Waals surface area contributed by atoms with E-state index >= 15 is 0 Å². The number of nitrogens with two attached hydrogens (primary N) is 2. The molecule has 10 rings (SSSR count). The van der Waals surface area contributed by atoms with Gasteiger partial charge in [0, 0.05) is 78.1 Å². The maximum absolute atomic E-state index is 14.4. The molecule has 1 spiro atoms. The summed E-state index contributed by atoms with van der Waals surface area (Å²) in [6, 6.07) is 29.7. The number of carbonyl (C=O) groups is 3. The number of piperidine rings is 2. The SMILES string of the molecule is NCc1cccc(C2CCN(C(=O)c3cccc([C@@]4(C5CCCC5)OB(c5cccc6[nH]c(C(=O)N7CCC8(CC7)COc7ccc(CN)cc78)cc56)OC4=O)c3)CC2)c1. The van der Waals surface area contributed by atoms with Crippen LogP contribution in [0.3, 0.4) is 0 Å². The van der Waals surface area contributed by atoms with Crippen molar-refractivity contribution in [3.63, 3.8) is 0 Å². The van der Waals surface area contributed by atoms with Gasteiger partial charge >= 0.3 is 13.1 Å². The van der Waals surface area contributed by atoms with E-state index in [1.807, 2.05) is 76.5 Å². The first kappa shape index (κ1) is 38.8. The van der Waals surface area contributed by atoms with Crippen molar-refractivity contribution in [1.82, 2.24) is 14.8 Å². The number of carbonyl (C=O) groups excluding carboxylic acids is 3. The minimum atomic E-state index is -1.37. The van der Waals surface area contributed by atoms with Crippen LogP contribution in [0.5, 0.6) is 5.75 Å². The van der Waals surface area contributed by atoms with Gasteiger partial charge < -0.3 is 40.3 Å². The summed E-state index contributed by atoms with van der Waals surface area (Å²) in [6.45, 7) is 4.11. The van der Waals surface area contributed by atoms with Gasteiger partial charge in [0.1, 0.15) is 11.4 Å². The van der Waals surface area contributed by atoms with Crippen molar-refractivity contribution >= 4 is 41.3 Å². The number of hydrogen-bond donors (Lipinski definition) is 3. The molecule has 12 heteroatoms. The quantitative estimate of drug-likeness (QED) is 0.161. The van der Waals surface area contributed by atoms with E-state index in [0.29, 0.717) is 74.1 Å². The first-order valence-corrected chi connectivity index (χ1v) is 21.7. The van der Waals surface area contributed by atoms with Crippen molar-refractivity contribution in [2.24, 2.45) is 17.4 Å². The summed E-state index contributed by atoms with van der Waals surface area (Å²) in [4.78, 5) is 49.7. The van der Waals surface area contributed by atoms with Crippen LogP contribution in [0.2, 0.25) is 0 Å². The fourth-order valence-corrected chi connectivity index (χ4v) is 10.8. The molecule has 1 aliphatic carbocycles. The predicted molar refractivity (Wildman–Crippen MR) is 230 cm³/mol. The molecule has 2 amide bonds. The number of amides is 2. The molecule has 5 heterocycles. The molecule has 1 saturated carbocycles. The molecule has 1 aromatic heterocycles. The minimum absolute atomic E-state index is 0.0456. The second-order valence-electron chi connectivity index (χ2n) is 17.6. The molecule has 5 N–H and O–H groups in total. The Morgan fingerprint density at radius 3 is 2.30 bits per heavy atom. The molecule has 60 heavy (non-hydrogen) atoms. The highest BCUT2D eigenvalue weighted by Gasteiger charge is 2.59. The average molecular weight is 806 g/mol. The number of H-pyrrole nitrogens is 1. The fourth-order valence-electron chi connectivity index (χ4n) is 10.8. The molecule has 5 aliphatic rings. The van der Waals surface area contributed by atoms with Crippen LogP contribution in [-0.2, 0) is 38.2 Å². The van der Waals surface area contributed by atoms with Gasteiger partial charge in [-0.25, -0.2) is 0 Å². The number of rotatable bonds is 8. The highest BCUT2D eigenvalue weighted by atomic mass is 16.7. The van der Waals surface area contributed by atoms with E-state index in [1.54, 1.807) is 0 Å². The summed E-state index contributed by atoms with van der Waals surface area (Å²) in [5.41, 5.74) is 18.2. The number of likely N-dealkylation sites (tertiary alicyclic amines) is 2. The van der Waals surface area contributed by atoms with Gasteiger partial charge in [-0.15, -0.1) is 0 Å². The number of nitrogens with one attached hydrogen (secondary N) is 1. The maximum atomic E-state index is 14.4. The van der Waals surface area contributed by atoms with E-state index < -0.39 is 18.7 Å². The topological polar surface area (TPSA) is 153 Å². The lowest BCUT2D eigenvalue weighted by Gasteiger charge is -2.38. The van der Waals surface area contributed by atoms with Gasteiger partial charge in [0.15, 0.2) is 5.60 Å². The minimum Gasteiger partial charge on any atom is -0.503 e. The third kappa shape index (κ3) is 6.60. The molecule has 308 valence electrons. The summed E-state index contributed by atoms with van der Waals surface area (Å²) in [6.07, 6.45) is 6.96. The highest BCUT2D eigenvalue weighted by Crippen LogP contribution is 2.49. The summed E-state index contributed by atoms with van der Waals surface area (Å²) >= 11 is 0. The Kier molecular flexibility index (Phi) is 10.0. The van der Waals surface area contributed by atoms with Gasteiger partial charge in [0.25, 0.3) is 11.8 Å². The molecule has 0 unspecified atom stereocenters. The first-order valence-electron chi connectivity index (χ1n) is 21.7. The number of nitrogens with zero attached hydrogens (tertiary/aromatic N) is 2. The second kappa shape index (κ2) is 15.6. The number of aromatic amines is 1. The lowest BCUT2D eigenvalue weighted by atomic mass is 9.74. The fraction of sp³-hybridized carbons (Fsp3) is 0.396. The smallest absolute Gasteiger partial charge is 0.503 e. The Morgan fingerprint density at radius 2 is 1.52 bits per heavy atom. The summed E-state index contributed by atoms with van der Waals surface area (Å²) in [5, 5.41) is 0.767. The Labute approximate surface area is 350 Å². The van der Waals surface area contributed by atoms with Gasteiger partial charge in [0.05, 0.1) is 6.61 Å². The Hall–Kier alpha value is -5.43. The van der Waals surface area contributed by atoms with Crippen LogP contribution < -0.4 is 21.7 Å². The number of aromatic nitrogens is 1. The molecule has 4 aliphatic heterocycles. The van der Waals surface area contributed by atoms with Crippen LogP contribution >= 0.6 is 0 Å². The summed E-state index contributed by atoms with van der Waals surface area (Å²) in [7, 11) is -0.993. The van der Waals surface area contributed by atoms with Gasteiger partial charge in [-0.05, 0) is 97.0 Å². The lowest BCUT2D eigenvalue weighted by Crippen LogP contribution is -2.46. The van der Waals surface area contributed by atoms with E-state index in [9.17, 15) is 14.4 Å². The van der Waals surface area contributed by atoms with Crippen LogP contribution in [-0.4, -0.2) is 72.5 Å². The van der Waals surface area contributed by atoms with Crippen LogP contribution in [0.4, 0.5) is 0 Å². The Bertz CT molecular complexity index is 2460. The van der Waals surface area contributed by atoms with Crippen molar-refractivity contribution in [3.05, 3.63) is 130 Å². The van der Waals surface area contributed by atoms with Gasteiger partial charge in [-0.3, -0.25) is 14.4 Å². The van der Waals surface area contributed by atoms with Crippen molar-refractivity contribution in [2.75, 3.05) is 32.8 Å². The van der Waals surface area contributed by atoms with Crippen molar-refractivity contribution in [1.29, 1.82) is 0 Å².